The molecule has 2 rings (SSSR count). The van der Waals surface area contributed by atoms with Gasteiger partial charge in [-0.15, -0.1) is 0 Å². The molecule has 25 heavy (non-hydrogen) atoms. The van der Waals surface area contributed by atoms with Crippen molar-refractivity contribution in [3.8, 4) is 5.75 Å². The predicted molar refractivity (Wildman–Crippen MR) is 96.7 cm³/mol. The average molecular weight is 371 g/mol. The number of amides is 1. The van der Waals surface area contributed by atoms with Gasteiger partial charge in [0.05, 0.1) is 25.0 Å². The van der Waals surface area contributed by atoms with Crippen molar-refractivity contribution in [1.82, 2.24) is 4.31 Å². The highest BCUT2D eigenvalue weighted by Crippen LogP contribution is 2.32. The molecular weight excluding hydrogens is 346 g/mol. The monoisotopic (exact) mass is 371 g/mol. The lowest BCUT2D eigenvalue weighted by atomic mass is 10.2. The van der Waals surface area contributed by atoms with Crippen LogP contribution in [0.4, 0.5) is 16.2 Å². The first-order valence-electron chi connectivity index (χ1n) is 7.90. The van der Waals surface area contributed by atoms with Crippen molar-refractivity contribution in [3.05, 3.63) is 18.2 Å². The molecule has 0 unspecified atom stereocenters. The lowest BCUT2D eigenvalue weighted by molar-refractivity contribution is 0.0636. The van der Waals surface area contributed by atoms with Gasteiger partial charge in [-0.3, -0.25) is 5.32 Å². The van der Waals surface area contributed by atoms with Gasteiger partial charge in [0.25, 0.3) is 0 Å². The van der Waals surface area contributed by atoms with Crippen LogP contribution < -0.4 is 15.4 Å². The van der Waals surface area contributed by atoms with E-state index in [9.17, 15) is 13.2 Å². The van der Waals surface area contributed by atoms with Crippen molar-refractivity contribution in [2.24, 2.45) is 0 Å². The number of benzene rings is 1. The molecule has 0 saturated heterocycles. The molecule has 1 aromatic carbocycles. The Morgan fingerprint density at radius 2 is 2.12 bits per heavy atom. The molecule has 0 aromatic heterocycles. The minimum Gasteiger partial charge on any atom is -0.485 e. The summed E-state index contributed by atoms with van der Waals surface area (Å²) in [7, 11) is -1.73. The highest BCUT2D eigenvalue weighted by Gasteiger charge is 2.24. The first-order chi connectivity index (χ1) is 11.4. The van der Waals surface area contributed by atoms with E-state index in [2.05, 4.69) is 10.6 Å². The molecule has 0 saturated carbocycles. The summed E-state index contributed by atoms with van der Waals surface area (Å²) < 4.78 is 35.3. The summed E-state index contributed by atoms with van der Waals surface area (Å²) in [6, 6.07) is 5.17. The standard InChI is InChI=1S/C16H25N3O5S/c1-16(2,3)24-15(20)18-11-6-7-14-13(8-11)17-9-12(23-14)10-19(4)25(5,21)22/h6-8,12,17H,9-10H2,1-5H3,(H,18,20)/t12-/m1/s1. The molecule has 0 fully saturated rings. The summed E-state index contributed by atoms with van der Waals surface area (Å²) in [6.07, 6.45) is 0.333. The second-order valence-electron chi connectivity index (χ2n) is 7.00. The molecule has 1 heterocycles. The number of anilines is 2. The van der Waals surface area contributed by atoms with Crippen LogP contribution in [0.5, 0.6) is 5.75 Å². The smallest absolute Gasteiger partial charge is 0.412 e. The van der Waals surface area contributed by atoms with Crippen molar-refractivity contribution in [3.63, 3.8) is 0 Å². The fourth-order valence-electron chi connectivity index (χ4n) is 2.24. The molecule has 1 aromatic rings. The predicted octanol–water partition coefficient (Wildman–Crippen LogP) is 2.10. The number of fused-ring (bicyclic) bond motifs is 1. The molecule has 140 valence electrons. The van der Waals surface area contributed by atoms with Gasteiger partial charge in [0.15, 0.2) is 0 Å². The number of hydrogen-bond acceptors (Lipinski definition) is 6. The van der Waals surface area contributed by atoms with Crippen LogP contribution in [0.3, 0.4) is 0 Å². The normalized spacial score (nSPS) is 17.3. The maximum atomic E-state index is 11.8. The molecule has 1 atom stereocenters. The summed E-state index contributed by atoms with van der Waals surface area (Å²) in [4.78, 5) is 11.8. The minimum atomic E-state index is -3.25. The zero-order valence-corrected chi connectivity index (χ0v) is 15.9. The van der Waals surface area contributed by atoms with Crippen LogP contribution in [0.25, 0.3) is 0 Å². The largest absolute Gasteiger partial charge is 0.485 e. The van der Waals surface area contributed by atoms with Gasteiger partial charge in [-0.25, -0.2) is 17.5 Å². The van der Waals surface area contributed by atoms with Gasteiger partial charge in [-0.05, 0) is 39.0 Å². The quantitative estimate of drug-likeness (QED) is 0.841. The van der Waals surface area contributed by atoms with Gasteiger partial charge in [0.2, 0.25) is 10.0 Å². The summed E-state index contributed by atoms with van der Waals surface area (Å²) in [6.45, 7) is 6.10. The van der Waals surface area contributed by atoms with Crippen molar-refractivity contribution in [1.29, 1.82) is 0 Å². The van der Waals surface area contributed by atoms with Gasteiger partial charge in [-0.2, -0.15) is 0 Å². The molecule has 8 nitrogen and oxygen atoms in total. The summed E-state index contributed by atoms with van der Waals surface area (Å²) in [5, 5.41) is 5.86. The fourth-order valence-corrected chi connectivity index (χ4v) is 2.68. The summed E-state index contributed by atoms with van der Waals surface area (Å²) >= 11 is 0. The Hall–Kier alpha value is -2.00. The number of nitrogens with zero attached hydrogens (tertiary/aromatic N) is 1. The van der Waals surface area contributed by atoms with Crippen molar-refractivity contribution in [2.45, 2.75) is 32.5 Å². The zero-order valence-electron chi connectivity index (χ0n) is 15.1. The van der Waals surface area contributed by atoms with Gasteiger partial charge >= 0.3 is 6.09 Å². The van der Waals surface area contributed by atoms with Crippen LogP contribution in [0.1, 0.15) is 20.8 Å². The first kappa shape index (κ1) is 19.3. The summed E-state index contributed by atoms with van der Waals surface area (Å²) in [5.74, 6) is 0.605. The van der Waals surface area contributed by atoms with Crippen LogP contribution in [-0.4, -0.2) is 56.9 Å². The number of sulfonamides is 1. The summed E-state index contributed by atoms with van der Waals surface area (Å²) in [5.41, 5.74) is 0.737. The number of rotatable bonds is 4. The lowest BCUT2D eigenvalue weighted by Crippen LogP contribution is -2.42. The van der Waals surface area contributed by atoms with Crippen LogP contribution in [0.15, 0.2) is 18.2 Å². The third-order valence-corrected chi connectivity index (χ3v) is 4.75. The molecule has 1 aliphatic rings. The van der Waals surface area contributed by atoms with E-state index in [0.29, 0.717) is 18.0 Å². The minimum absolute atomic E-state index is 0.253. The Labute approximate surface area is 148 Å². The maximum Gasteiger partial charge on any atom is 0.412 e. The molecule has 1 amide bonds. The van der Waals surface area contributed by atoms with E-state index < -0.39 is 21.7 Å². The number of carbonyl (C=O) groups is 1. The molecule has 1 aliphatic heterocycles. The van der Waals surface area contributed by atoms with Crippen molar-refractivity contribution >= 4 is 27.5 Å². The van der Waals surface area contributed by atoms with E-state index in [1.54, 1.807) is 39.0 Å². The highest BCUT2D eigenvalue weighted by molar-refractivity contribution is 7.88. The Morgan fingerprint density at radius 3 is 2.72 bits per heavy atom. The second kappa shape index (κ2) is 7.09. The van der Waals surface area contributed by atoms with E-state index in [0.717, 1.165) is 11.9 Å². The van der Waals surface area contributed by atoms with E-state index >= 15 is 0 Å². The zero-order chi connectivity index (χ0) is 18.8. The highest BCUT2D eigenvalue weighted by atomic mass is 32.2. The van der Waals surface area contributed by atoms with Gasteiger partial charge in [0, 0.05) is 12.7 Å². The Balaban J connectivity index is 2.00. The van der Waals surface area contributed by atoms with Crippen LogP contribution in [0, 0.1) is 0 Å². The lowest BCUT2D eigenvalue weighted by Gasteiger charge is -2.30. The number of ether oxygens (including phenoxy) is 2. The number of likely N-dealkylation sites (N-methyl/N-ethyl adjacent to an activating group) is 1. The van der Waals surface area contributed by atoms with E-state index in [4.69, 9.17) is 9.47 Å². The SMILES string of the molecule is CN(C[C@H]1CNc2cc(NC(=O)OC(C)(C)C)ccc2O1)S(C)(=O)=O. The molecule has 9 heteroatoms. The van der Waals surface area contributed by atoms with E-state index in [1.807, 2.05) is 0 Å². The maximum absolute atomic E-state index is 11.8. The number of nitrogens with one attached hydrogen (secondary N) is 2. The Morgan fingerprint density at radius 1 is 1.44 bits per heavy atom. The average Bonchev–Trinajstić information content (AvgIpc) is 2.44. The van der Waals surface area contributed by atoms with Gasteiger partial charge < -0.3 is 14.8 Å². The number of hydrogen-bond donors (Lipinski definition) is 2. The van der Waals surface area contributed by atoms with Crippen LogP contribution >= 0.6 is 0 Å². The topological polar surface area (TPSA) is 97.0 Å². The molecule has 0 aliphatic carbocycles. The molecule has 2 N–H and O–H groups in total. The van der Waals surface area contributed by atoms with Gasteiger partial charge in [-0.1, -0.05) is 0 Å². The van der Waals surface area contributed by atoms with Crippen molar-refractivity contribution in [2.75, 3.05) is 37.0 Å². The van der Waals surface area contributed by atoms with Crippen molar-refractivity contribution < 1.29 is 22.7 Å². The second-order valence-corrected chi connectivity index (χ2v) is 9.09. The van der Waals surface area contributed by atoms with E-state index in [-0.39, 0.29) is 12.6 Å². The van der Waals surface area contributed by atoms with Crippen LogP contribution in [-0.2, 0) is 14.8 Å². The Kier molecular flexibility index (Phi) is 5.48. The van der Waals surface area contributed by atoms with Gasteiger partial charge in [0.1, 0.15) is 17.5 Å². The first-order valence-corrected chi connectivity index (χ1v) is 9.75. The molecule has 0 bridgehead atoms. The fraction of sp³-hybridized carbons (Fsp3) is 0.562. The molecule has 0 radical (unpaired) electrons. The molecular formula is C16H25N3O5S. The Bertz CT molecular complexity index is 743. The third-order valence-electron chi connectivity index (χ3n) is 3.47. The number of carbonyl (C=O) groups excluding carboxylic acids is 1. The van der Waals surface area contributed by atoms with Crippen LogP contribution in [0.2, 0.25) is 0 Å². The third kappa shape index (κ3) is 5.79. The molecule has 0 spiro atoms. The van der Waals surface area contributed by atoms with E-state index in [1.165, 1.54) is 11.4 Å².